The second-order valence-corrected chi connectivity index (χ2v) is 8.30. The highest BCUT2D eigenvalue weighted by molar-refractivity contribution is 6.48. The Morgan fingerprint density at radius 2 is 1.83 bits per heavy atom. The van der Waals surface area contributed by atoms with Gasteiger partial charge in [0.25, 0.3) is 11.7 Å². The summed E-state index contributed by atoms with van der Waals surface area (Å²) in [5, 5.41) is 3.72. The van der Waals surface area contributed by atoms with Crippen LogP contribution in [0, 0.1) is 0 Å². The molecule has 0 aliphatic carbocycles. The number of carbonyl (C=O) groups is 2. The fourth-order valence-electron chi connectivity index (χ4n) is 3.85. The molecule has 0 radical (unpaired) electrons. The molecule has 1 N–H and O–H groups in total. The SMILES string of the molecule is COc1ccc2c(c1)c(C(=O)C(=O)Nc1ncc(-c3ccccc3)o1)cn2Cc1ccc(Cl)cc1. The van der Waals surface area contributed by atoms with Gasteiger partial charge in [-0.05, 0) is 35.9 Å². The third-order valence-electron chi connectivity index (χ3n) is 5.59. The normalized spacial score (nSPS) is 10.9. The molecule has 35 heavy (non-hydrogen) atoms. The summed E-state index contributed by atoms with van der Waals surface area (Å²) in [7, 11) is 1.55. The van der Waals surface area contributed by atoms with Gasteiger partial charge in [-0.1, -0.05) is 54.1 Å². The van der Waals surface area contributed by atoms with Gasteiger partial charge in [-0.3, -0.25) is 14.9 Å². The predicted molar refractivity (Wildman–Crippen MR) is 134 cm³/mol. The Labute approximate surface area is 205 Å². The standard InChI is InChI=1S/C27H20ClN3O4/c1-34-20-11-12-23-21(13-20)22(16-31(23)15-17-7-9-19(28)10-8-17)25(32)26(33)30-27-29-14-24(35-27)18-5-3-2-4-6-18/h2-14,16H,15H2,1H3,(H,29,30,33). The minimum absolute atomic E-state index is 0.0512. The highest BCUT2D eigenvalue weighted by Gasteiger charge is 2.24. The molecule has 1 amide bonds. The van der Waals surface area contributed by atoms with E-state index in [0.717, 1.165) is 16.6 Å². The first-order chi connectivity index (χ1) is 17.0. The van der Waals surface area contributed by atoms with Gasteiger partial charge in [-0.15, -0.1) is 0 Å². The smallest absolute Gasteiger partial charge is 0.302 e. The molecule has 7 nitrogen and oxygen atoms in total. The number of benzene rings is 3. The zero-order valence-electron chi connectivity index (χ0n) is 18.7. The average Bonchev–Trinajstić information content (AvgIpc) is 3.50. The van der Waals surface area contributed by atoms with Crippen LogP contribution in [0.25, 0.3) is 22.2 Å². The lowest BCUT2D eigenvalue weighted by molar-refractivity contribution is -0.112. The van der Waals surface area contributed by atoms with E-state index in [-0.39, 0.29) is 11.6 Å². The van der Waals surface area contributed by atoms with Gasteiger partial charge in [-0.2, -0.15) is 0 Å². The molecule has 3 aromatic carbocycles. The van der Waals surface area contributed by atoms with Crippen LogP contribution in [0.5, 0.6) is 5.75 Å². The number of anilines is 1. The van der Waals surface area contributed by atoms with E-state index in [9.17, 15) is 9.59 Å². The maximum Gasteiger partial charge on any atom is 0.302 e. The first-order valence-corrected chi connectivity index (χ1v) is 11.2. The van der Waals surface area contributed by atoms with E-state index in [1.165, 1.54) is 6.20 Å². The summed E-state index contributed by atoms with van der Waals surface area (Å²) in [4.78, 5) is 30.1. The number of methoxy groups -OCH3 is 1. The molecule has 2 aromatic heterocycles. The number of hydrogen-bond acceptors (Lipinski definition) is 5. The molecule has 0 fully saturated rings. The van der Waals surface area contributed by atoms with Crippen LogP contribution in [0.1, 0.15) is 15.9 Å². The van der Waals surface area contributed by atoms with Gasteiger partial charge >= 0.3 is 6.01 Å². The first-order valence-electron chi connectivity index (χ1n) is 10.8. The van der Waals surface area contributed by atoms with E-state index >= 15 is 0 Å². The van der Waals surface area contributed by atoms with Crippen molar-refractivity contribution in [2.24, 2.45) is 0 Å². The Kier molecular flexibility index (Phi) is 6.08. The van der Waals surface area contributed by atoms with E-state index in [1.54, 1.807) is 19.4 Å². The Balaban J connectivity index is 1.44. The molecular formula is C27H20ClN3O4. The largest absolute Gasteiger partial charge is 0.497 e. The number of fused-ring (bicyclic) bond motifs is 1. The van der Waals surface area contributed by atoms with Crippen molar-refractivity contribution in [2.75, 3.05) is 12.4 Å². The van der Waals surface area contributed by atoms with Crippen molar-refractivity contribution in [2.45, 2.75) is 6.54 Å². The molecule has 174 valence electrons. The van der Waals surface area contributed by atoms with Gasteiger partial charge in [0.2, 0.25) is 0 Å². The van der Waals surface area contributed by atoms with Crippen LogP contribution in [0.2, 0.25) is 5.02 Å². The lowest BCUT2D eigenvalue weighted by Gasteiger charge is -2.06. The first kappa shape index (κ1) is 22.4. The maximum absolute atomic E-state index is 13.2. The quantitative estimate of drug-likeness (QED) is 0.231. The van der Waals surface area contributed by atoms with Crippen molar-refractivity contribution >= 4 is 40.2 Å². The molecule has 0 unspecified atom stereocenters. The van der Waals surface area contributed by atoms with Gasteiger partial charge in [-0.25, -0.2) is 4.98 Å². The average molecular weight is 486 g/mol. The molecule has 8 heteroatoms. The maximum atomic E-state index is 13.2. The van der Waals surface area contributed by atoms with Crippen LogP contribution in [0.3, 0.4) is 0 Å². The second kappa shape index (κ2) is 9.48. The van der Waals surface area contributed by atoms with Crippen LogP contribution in [0.4, 0.5) is 6.01 Å². The van der Waals surface area contributed by atoms with E-state index in [1.807, 2.05) is 71.3 Å². The topological polar surface area (TPSA) is 86.4 Å². The minimum Gasteiger partial charge on any atom is -0.497 e. The van der Waals surface area contributed by atoms with E-state index in [4.69, 9.17) is 20.8 Å². The van der Waals surface area contributed by atoms with Crippen LogP contribution in [-0.2, 0) is 11.3 Å². The molecule has 2 heterocycles. The van der Waals surface area contributed by atoms with E-state index in [2.05, 4.69) is 10.3 Å². The zero-order valence-corrected chi connectivity index (χ0v) is 19.5. The van der Waals surface area contributed by atoms with Gasteiger partial charge in [0, 0.05) is 34.2 Å². The number of aromatic nitrogens is 2. The number of nitrogens with zero attached hydrogens (tertiary/aromatic N) is 2. The summed E-state index contributed by atoms with van der Waals surface area (Å²) in [6.45, 7) is 0.495. The zero-order chi connectivity index (χ0) is 24.4. The van der Waals surface area contributed by atoms with Crippen LogP contribution in [0.15, 0.2) is 89.6 Å². The van der Waals surface area contributed by atoms with Gasteiger partial charge < -0.3 is 13.7 Å². The highest BCUT2D eigenvalue weighted by atomic mass is 35.5. The van der Waals surface area contributed by atoms with Crippen molar-refractivity contribution < 1.29 is 18.7 Å². The lowest BCUT2D eigenvalue weighted by atomic mass is 10.1. The summed E-state index contributed by atoms with van der Waals surface area (Å²) in [6.07, 6.45) is 3.17. The molecule has 5 rings (SSSR count). The number of nitrogens with one attached hydrogen (secondary N) is 1. The molecule has 0 bridgehead atoms. The number of hydrogen-bond donors (Lipinski definition) is 1. The number of halogens is 1. The van der Waals surface area contributed by atoms with Crippen molar-refractivity contribution in [1.82, 2.24) is 9.55 Å². The Hall–Kier alpha value is -4.36. The van der Waals surface area contributed by atoms with Crippen molar-refractivity contribution in [3.8, 4) is 17.1 Å². The number of ether oxygens (including phenoxy) is 1. The predicted octanol–water partition coefficient (Wildman–Crippen LogP) is 5.83. The molecule has 0 aliphatic rings. The molecule has 0 aliphatic heterocycles. The number of amides is 1. The van der Waals surface area contributed by atoms with E-state index in [0.29, 0.717) is 28.5 Å². The summed E-state index contributed by atoms with van der Waals surface area (Å²) in [5.41, 5.74) is 2.85. The van der Waals surface area contributed by atoms with Gasteiger partial charge in [0.1, 0.15) is 5.75 Å². The monoisotopic (exact) mass is 485 g/mol. The molecule has 0 spiro atoms. The fourth-order valence-corrected chi connectivity index (χ4v) is 3.97. The Morgan fingerprint density at radius 3 is 2.57 bits per heavy atom. The number of rotatable bonds is 7. The second-order valence-electron chi connectivity index (χ2n) is 7.86. The van der Waals surface area contributed by atoms with Crippen molar-refractivity contribution in [1.29, 1.82) is 0 Å². The number of oxazole rings is 1. The van der Waals surface area contributed by atoms with Crippen LogP contribution in [-0.4, -0.2) is 28.4 Å². The number of carbonyl (C=O) groups excluding carboxylic acids is 2. The van der Waals surface area contributed by atoms with Gasteiger partial charge in [0.15, 0.2) is 5.76 Å². The summed E-state index contributed by atoms with van der Waals surface area (Å²) in [6, 6.07) is 22.2. The minimum atomic E-state index is -0.847. The van der Waals surface area contributed by atoms with E-state index < -0.39 is 11.7 Å². The summed E-state index contributed by atoms with van der Waals surface area (Å²) >= 11 is 6.00. The summed E-state index contributed by atoms with van der Waals surface area (Å²) in [5.74, 6) is -0.494. The number of Topliss-reactive ketones (excluding diaryl/α,β-unsaturated/α-hetero) is 1. The van der Waals surface area contributed by atoms with Crippen LogP contribution >= 0.6 is 11.6 Å². The molecule has 0 atom stereocenters. The molecule has 0 saturated heterocycles. The van der Waals surface area contributed by atoms with Gasteiger partial charge in [0.05, 0.1) is 18.9 Å². The van der Waals surface area contributed by atoms with Crippen molar-refractivity contribution in [3.05, 3.63) is 101 Å². The third kappa shape index (κ3) is 4.67. The summed E-state index contributed by atoms with van der Waals surface area (Å²) < 4.78 is 12.9. The Bertz CT molecular complexity index is 1520. The highest BCUT2D eigenvalue weighted by Crippen LogP contribution is 2.28. The van der Waals surface area contributed by atoms with Crippen molar-refractivity contribution in [3.63, 3.8) is 0 Å². The number of ketones is 1. The Morgan fingerprint density at radius 1 is 1.06 bits per heavy atom. The van der Waals surface area contributed by atoms with Crippen LogP contribution < -0.4 is 10.1 Å². The molecule has 0 saturated carbocycles. The molecular weight excluding hydrogens is 466 g/mol. The lowest BCUT2D eigenvalue weighted by Crippen LogP contribution is -2.22. The molecule has 5 aromatic rings. The third-order valence-corrected chi connectivity index (χ3v) is 5.84. The fraction of sp³-hybridized carbons (Fsp3) is 0.0741.